The first-order valence-electron chi connectivity index (χ1n) is 6.42. The van der Waals surface area contributed by atoms with Crippen molar-refractivity contribution >= 4 is 28.1 Å². The van der Waals surface area contributed by atoms with E-state index in [0.29, 0.717) is 11.3 Å². The van der Waals surface area contributed by atoms with Gasteiger partial charge in [0.05, 0.1) is 17.8 Å². The molecular weight excluding hydrogens is 289 g/mol. The van der Waals surface area contributed by atoms with Crippen molar-refractivity contribution in [2.45, 2.75) is 0 Å². The highest BCUT2D eigenvalue weighted by molar-refractivity contribution is 6.34. The van der Waals surface area contributed by atoms with Crippen LogP contribution in [0.3, 0.4) is 0 Å². The molecule has 4 heteroatoms. The van der Waals surface area contributed by atoms with E-state index in [9.17, 15) is 4.39 Å². The van der Waals surface area contributed by atoms with Gasteiger partial charge in [0.15, 0.2) is 0 Å². The van der Waals surface area contributed by atoms with E-state index in [4.69, 9.17) is 22.1 Å². The van der Waals surface area contributed by atoms with E-state index in [1.807, 2.05) is 36.4 Å². The largest absolute Gasteiger partial charge is 0.496 e. The van der Waals surface area contributed by atoms with Crippen LogP contribution in [-0.2, 0) is 0 Å². The van der Waals surface area contributed by atoms with Gasteiger partial charge >= 0.3 is 0 Å². The van der Waals surface area contributed by atoms with E-state index in [1.54, 1.807) is 7.11 Å². The first kappa shape index (κ1) is 13.7. The number of hydrogen-bond donors (Lipinski definition) is 1. The van der Waals surface area contributed by atoms with Crippen molar-refractivity contribution in [3.63, 3.8) is 0 Å². The molecule has 3 rings (SSSR count). The molecule has 21 heavy (non-hydrogen) atoms. The van der Waals surface area contributed by atoms with Crippen molar-refractivity contribution in [2.24, 2.45) is 0 Å². The Bertz CT molecular complexity index is 832. The number of nitrogen functional groups attached to an aromatic ring is 1. The molecule has 106 valence electrons. The van der Waals surface area contributed by atoms with Crippen LogP contribution in [0.5, 0.6) is 5.75 Å². The van der Waals surface area contributed by atoms with Gasteiger partial charge in [0.1, 0.15) is 11.6 Å². The minimum absolute atomic E-state index is 0.213. The van der Waals surface area contributed by atoms with Crippen molar-refractivity contribution in [1.82, 2.24) is 0 Å². The van der Waals surface area contributed by atoms with Gasteiger partial charge in [-0.15, -0.1) is 0 Å². The summed E-state index contributed by atoms with van der Waals surface area (Å²) in [5.41, 5.74) is 7.79. The van der Waals surface area contributed by atoms with Crippen LogP contribution in [0.2, 0.25) is 5.02 Å². The van der Waals surface area contributed by atoms with E-state index >= 15 is 0 Å². The van der Waals surface area contributed by atoms with Crippen LogP contribution in [0.1, 0.15) is 0 Å². The van der Waals surface area contributed by atoms with Crippen LogP contribution in [0.4, 0.5) is 10.1 Å². The number of hydrogen-bond acceptors (Lipinski definition) is 2. The van der Waals surface area contributed by atoms with E-state index in [0.717, 1.165) is 22.1 Å². The zero-order valence-corrected chi connectivity index (χ0v) is 12.1. The normalized spacial score (nSPS) is 10.8. The van der Waals surface area contributed by atoms with Gasteiger partial charge in [0, 0.05) is 10.9 Å². The van der Waals surface area contributed by atoms with Crippen LogP contribution < -0.4 is 10.5 Å². The number of fused-ring (bicyclic) bond motifs is 1. The Morgan fingerprint density at radius 2 is 1.71 bits per heavy atom. The lowest BCUT2D eigenvalue weighted by atomic mass is 9.96. The predicted molar refractivity (Wildman–Crippen MR) is 85.3 cm³/mol. The van der Waals surface area contributed by atoms with Crippen molar-refractivity contribution < 1.29 is 9.13 Å². The molecular formula is C17H13ClFNO. The number of nitrogens with two attached hydrogens (primary N) is 1. The highest BCUT2D eigenvalue weighted by Crippen LogP contribution is 2.39. The Balaban J connectivity index is 2.37. The fourth-order valence-electron chi connectivity index (χ4n) is 2.49. The summed E-state index contributed by atoms with van der Waals surface area (Å²) in [7, 11) is 1.62. The molecule has 0 unspecified atom stereocenters. The summed E-state index contributed by atoms with van der Waals surface area (Å²) in [6.45, 7) is 0. The average Bonchev–Trinajstić information content (AvgIpc) is 2.50. The van der Waals surface area contributed by atoms with Gasteiger partial charge in [-0.25, -0.2) is 4.39 Å². The molecule has 0 aromatic heterocycles. The van der Waals surface area contributed by atoms with E-state index in [2.05, 4.69) is 0 Å². The predicted octanol–water partition coefficient (Wildman–Crippen LogP) is 4.89. The van der Waals surface area contributed by atoms with E-state index < -0.39 is 5.82 Å². The maximum atomic E-state index is 13.7. The summed E-state index contributed by atoms with van der Waals surface area (Å²) in [6.07, 6.45) is 0. The lowest BCUT2D eigenvalue weighted by Gasteiger charge is -2.13. The number of halogens is 2. The molecule has 0 bridgehead atoms. The molecule has 2 N–H and O–H groups in total. The molecule has 0 amide bonds. The van der Waals surface area contributed by atoms with Gasteiger partial charge < -0.3 is 10.5 Å². The summed E-state index contributed by atoms with van der Waals surface area (Å²) in [6, 6.07) is 14.1. The van der Waals surface area contributed by atoms with Crippen LogP contribution in [-0.4, -0.2) is 7.11 Å². The molecule has 2 nitrogen and oxygen atoms in total. The van der Waals surface area contributed by atoms with Crippen molar-refractivity contribution in [3.8, 4) is 16.9 Å². The SMILES string of the molecule is COc1ccc(-c2cc(F)cc(Cl)c2N)c2ccccc12. The first-order valence-corrected chi connectivity index (χ1v) is 6.80. The average molecular weight is 302 g/mol. The molecule has 0 atom stereocenters. The summed E-state index contributed by atoms with van der Waals surface area (Å²) in [4.78, 5) is 0. The molecule has 0 saturated heterocycles. The molecule has 3 aromatic rings. The van der Waals surface area contributed by atoms with E-state index in [-0.39, 0.29) is 5.02 Å². The zero-order chi connectivity index (χ0) is 15.0. The first-order chi connectivity index (χ1) is 10.1. The quantitative estimate of drug-likeness (QED) is 0.684. The smallest absolute Gasteiger partial charge is 0.126 e. The molecule has 0 fully saturated rings. The maximum absolute atomic E-state index is 13.7. The molecule has 0 heterocycles. The summed E-state index contributed by atoms with van der Waals surface area (Å²) in [5.74, 6) is 0.347. The van der Waals surface area contributed by atoms with Crippen LogP contribution in [0.25, 0.3) is 21.9 Å². The van der Waals surface area contributed by atoms with Crippen molar-refractivity contribution in [2.75, 3.05) is 12.8 Å². The second-order valence-electron chi connectivity index (χ2n) is 4.71. The van der Waals surface area contributed by atoms with Gasteiger partial charge in [-0.2, -0.15) is 0 Å². The van der Waals surface area contributed by atoms with Gasteiger partial charge in [-0.3, -0.25) is 0 Å². The number of methoxy groups -OCH3 is 1. The number of anilines is 1. The van der Waals surface area contributed by atoms with Crippen molar-refractivity contribution in [1.29, 1.82) is 0 Å². The minimum atomic E-state index is -0.413. The molecule has 0 aliphatic heterocycles. The second kappa shape index (κ2) is 5.26. The van der Waals surface area contributed by atoms with Crippen LogP contribution in [0, 0.1) is 5.82 Å². The molecule has 0 aliphatic carbocycles. The van der Waals surface area contributed by atoms with Crippen molar-refractivity contribution in [3.05, 3.63) is 59.4 Å². The summed E-state index contributed by atoms with van der Waals surface area (Å²) < 4.78 is 19.0. The molecule has 0 saturated carbocycles. The Morgan fingerprint density at radius 3 is 2.43 bits per heavy atom. The molecule has 0 radical (unpaired) electrons. The van der Waals surface area contributed by atoms with Crippen LogP contribution >= 0.6 is 11.6 Å². The summed E-state index contributed by atoms with van der Waals surface area (Å²) in [5, 5.41) is 2.09. The highest BCUT2D eigenvalue weighted by Gasteiger charge is 2.13. The standard InChI is InChI=1S/C17H13ClFNO/c1-21-16-7-6-12(11-4-2-3-5-13(11)16)14-8-10(19)9-15(18)17(14)20/h2-9H,20H2,1H3. The Labute approximate surface area is 126 Å². The second-order valence-corrected chi connectivity index (χ2v) is 5.12. The van der Waals surface area contributed by atoms with Gasteiger partial charge in [0.25, 0.3) is 0 Å². The fourth-order valence-corrected chi connectivity index (χ4v) is 2.70. The molecule has 0 spiro atoms. The lowest BCUT2D eigenvalue weighted by Crippen LogP contribution is -1.94. The highest BCUT2D eigenvalue weighted by atomic mass is 35.5. The Morgan fingerprint density at radius 1 is 1.00 bits per heavy atom. The Hall–Kier alpha value is -2.26. The monoisotopic (exact) mass is 301 g/mol. The number of rotatable bonds is 2. The number of benzene rings is 3. The summed E-state index contributed by atoms with van der Waals surface area (Å²) >= 11 is 5.99. The Kier molecular flexibility index (Phi) is 3.43. The lowest BCUT2D eigenvalue weighted by molar-refractivity contribution is 0.420. The molecule has 3 aromatic carbocycles. The third kappa shape index (κ3) is 2.30. The maximum Gasteiger partial charge on any atom is 0.126 e. The molecule has 0 aliphatic rings. The topological polar surface area (TPSA) is 35.2 Å². The third-order valence-corrected chi connectivity index (χ3v) is 3.80. The van der Waals surface area contributed by atoms with Crippen LogP contribution in [0.15, 0.2) is 48.5 Å². The minimum Gasteiger partial charge on any atom is -0.496 e. The van der Waals surface area contributed by atoms with Gasteiger partial charge in [-0.1, -0.05) is 35.9 Å². The fraction of sp³-hybridized carbons (Fsp3) is 0.0588. The third-order valence-electron chi connectivity index (χ3n) is 3.49. The number of ether oxygens (including phenoxy) is 1. The van der Waals surface area contributed by atoms with E-state index in [1.165, 1.54) is 12.1 Å². The zero-order valence-electron chi connectivity index (χ0n) is 11.4. The van der Waals surface area contributed by atoms with Gasteiger partial charge in [-0.05, 0) is 35.2 Å². The van der Waals surface area contributed by atoms with Gasteiger partial charge in [0.2, 0.25) is 0 Å².